The van der Waals surface area contributed by atoms with Crippen LogP contribution in [0.1, 0.15) is 35.3 Å². The number of anilines is 1. The molecule has 0 unspecified atom stereocenters. The lowest BCUT2D eigenvalue weighted by atomic mass is 10.1. The molecule has 0 aromatic heterocycles. The van der Waals surface area contributed by atoms with E-state index in [1.807, 2.05) is 18.2 Å². The third-order valence-electron chi connectivity index (χ3n) is 4.37. The van der Waals surface area contributed by atoms with E-state index in [9.17, 15) is 14.9 Å². The predicted octanol–water partition coefficient (Wildman–Crippen LogP) is 3.15. The maximum atomic E-state index is 11.3. The van der Waals surface area contributed by atoms with Crippen LogP contribution in [0, 0.1) is 10.1 Å². The molecule has 0 fully saturated rings. The SMILES string of the molecule is CC(C)N(C)Cc1ccccc1CNc1ccc(C(N)=O)cc1[N+](=O)[O-]. The summed E-state index contributed by atoms with van der Waals surface area (Å²) < 4.78 is 0. The summed E-state index contributed by atoms with van der Waals surface area (Å²) in [6, 6.07) is 12.6. The Morgan fingerprint density at radius 1 is 1.23 bits per heavy atom. The third-order valence-corrected chi connectivity index (χ3v) is 4.37. The molecule has 3 N–H and O–H groups in total. The van der Waals surface area contributed by atoms with E-state index in [2.05, 4.69) is 37.2 Å². The number of primary amides is 1. The van der Waals surface area contributed by atoms with Crippen molar-refractivity contribution < 1.29 is 9.72 Å². The van der Waals surface area contributed by atoms with Crippen molar-refractivity contribution >= 4 is 17.3 Å². The van der Waals surface area contributed by atoms with Gasteiger partial charge in [0.25, 0.3) is 5.69 Å². The Morgan fingerprint density at radius 2 is 1.88 bits per heavy atom. The van der Waals surface area contributed by atoms with Gasteiger partial charge in [0, 0.05) is 30.8 Å². The normalized spacial score (nSPS) is 11.0. The molecule has 2 rings (SSSR count). The molecule has 0 atom stereocenters. The standard InChI is InChI=1S/C19H24N4O3/c1-13(2)22(3)12-16-7-5-4-6-15(16)11-21-17-9-8-14(19(20)24)10-18(17)23(25)26/h4-10,13,21H,11-12H2,1-3H3,(H2,20,24). The largest absolute Gasteiger partial charge is 0.375 e. The van der Waals surface area contributed by atoms with Gasteiger partial charge in [-0.25, -0.2) is 0 Å². The number of nitrogens with two attached hydrogens (primary N) is 1. The first-order valence-electron chi connectivity index (χ1n) is 8.38. The van der Waals surface area contributed by atoms with Gasteiger partial charge in [-0.2, -0.15) is 0 Å². The average Bonchev–Trinajstić information content (AvgIpc) is 2.60. The number of nitro groups is 1. The van der Waals surface area contributed by atoms with E-state index in [1.165, 1.54) is 18.2 Å². The highest BCUT2D eigenvalue weighted by atomic mass is 16.6. The van der Waals surface area contributed by atoms with Crippen molar-refractivity contribution in [2.45, 2.75) is 33.0 Å². The third kappa shape index (κ3) is 4.80. The summed E-state index contributed by atoms with van der Waals surface area (Å²) in [4.78, 5) is 24.2. The van der Waals surface area contributed by atoms with Gasteiger partial charge in [-0.15, -0.1) is 0 Å². The quantitative estimate of drug-likeness (QED) is 0.559. The van der Waals surface area contributed by atoms with Gasteiger partial charge < -0.3 is 11.1 Å². The Kier molecular flexibility index (Phi) is 6.30. The molecular weight excluding hydrogens is 332 g/mol. The van der Waals surface area contributed by atoms with Crippen molar-refractivity contribution in [3.8, 4) is 0 Å². The van der Waals surface area contributed by atoms with Gasteiger partial charge in [0.15, 0.2) is 0 Å². The van der Waals surface area contributed by atoms with Crippen molar-refractivity contribution in [3.63, 3.8) is 0 Å². The van der Waals surface area contributed by atoms with E-state index in [0.29, 0.717) is 18.3 Å². The first-order valence-corrected chi connectivity index (χ1v) is 8.38. The number of nitrogens with zero attached hydrogens (tertiary/aromatic N) is 2. The second-order valence-electron chi connectivity index (χ2n) is 6.48. The van der Waals surface area contributed by atoms with E-state index >= 15 is 0 Å². The van der Waals surface area contributed by atoms with Crippen LogP contribution in [0.4, 0.5) is 11.4 Å². The fourth-order valence-corrected chi connectivity index (χ4v) is 2.51. The van der Waals surface area contributed by atoms with Gasteiger partial charge in [-0.3, -0.25) is 19.8 Å². The van der Waals surface area contributed by atoms with Gasteiger partial charge in [0.05, 0.1) is 4.92 Å². The second kappa shape index (κ2) is 8.44. The van der Waals surface area contributed by atoms with E-state index in [0.717, 1.165) is 17.7 Å². The minimum atomic E-state index is -0.693. The highest BCUT2D eigenvalue weighted by Crippen LogP contribution is 2.26. The summed E-state index contributed by atoms with van der Waals surface area (Å²) >= 11 is 0. The van der Waals surface area contributed by atoms with Crippen LogP contribution in [0.3, 0.4) is 0 Å². The van der Waals surface area contributed by atoms with E-state index in [1.54, 1.807) is 0 Å². The number of benzene rings is 2. The van der Waals surface area contributed by atoms with Crippen molar-refractivity contribution in [3.05, 3.63) is 69.3 Å². The van der Waals surface area contributed by atoms with Gasteiger partial charge in [-0.1, -0.05) is 24.3 Å². The monoisotopic (exact) mass is 356 g/mol. The molecule has 0 radical (unpaired) electrons. The van der Waals surface area contributed by atoms with Gasteiger partial charge >= 0.3 is 0 Å². The number of hydrogen-bond acceptors (Lipinski definition) is 5. The molecule has 2 aromatic carbocycles. The maximum absolute atomic E-state index is 11.3. The average molecular weight is 356 g/mol. The second-order valence-corrected chi connectivity index (χ2v) is 6.48. The molecule has 0 spiro atoms. The molecule has 138 valence electrons. The molecule has 0 heterocycles. The topological polar surface area (TPSA) is 102 Å². The Bertz CT molecular complexity index is 805. The number of nitro benzene ring substituents is 1. The van der Waals surface area contributed by atoms with E-state index in [4.69, 9.17) is 5.73 Å². The highest BCUT2D eigenvalue weighted by molar-refractivity contribution is 5.94. The van der Waals surface area contributed by atoms with Crippen molar-refractivity contribution in [1.29, 1.82) is 0 Å². The summed E-state index contributed by atoms with van der Waals surface area (Å²) in [7, 11) is 2.06. The summed E-state index contributed by atoms with van der Waals surface area (Å²) in [5.74, 6) is -0.693. The molecule has 26 heavy (non-hydrogen) atoms. The molecule has 2 aromatic rings. The number of rotatable bonds is 8. The first-order chi connectivity index (χ1) is 12.3. The lowest BCUT2D eigenvalue weighted by molar-refractivity contribution is -0.384. The Labute approximate surface area is 153 Å². The Hall–Kier alpha value is -2.93. The zero-order valence-corrected chi connectivity index (χ0v) is 15.2. The van der Waals surface area contributed by atoms with Crippen LogP contribution in [-0.2, 0) is 13.1 Å². The molecule has 0 bridgehead atoms. The van der Waals surface area contributed by atoms with E-state index < -0.39 is 10.8 Å². The lowest BCUT2D eigenvalue weighted by Crippen LogP contribution is -2.26. The van der Waals surface area contributed by atoms with Crippen LogP contribution in [0.5, 0.6) is 0 Å². The molecule has 0 aliphatic heterocycles. The van der Waals surface area contributed by atoms with Crippen LogP contribution < -0.4 is 11.1 Å². The molecule has 1 amide bonds. The fourth-order valence-electron chi connectivity index (χ4n) is 2.51. The number of nitrogens with one attached hydrogen (secondary N) is 1. The molecule has 7 nitrogen and oxygen atoms in total. The molecule has 0 saturated heterocycles. The fraction of sp³-hybridized carbons (Fsp3) is 0.316. The van der Waals surface area contributed by atoms with Crippen LogP contribution in [-0.4, -0.2) is 28.8 Å². The molecule has 0 aliphatic carbocycles. The zero-order valence-electron chi connectivity index (χ0n) is 15.2. The van der Waals surface area contributed by atoms with Crippen LogP contribution in [0.15, 0.2) is 42.5 Å². The number of hydrogen-bond donors (Lipinski definition) is 2. The van der Waals surface area contributed by atoms with Gasteiger partial charge in [0.2, 0.25) is 5.91 Å². The molecular formula is C19H24N4O3. The smallest absolute Gasteiger partial charge is 0.293 e. The first kappa shape index (κ1) is 19.4. The van der Waals surface area contributed by atoms with Crippen LogP contribution in [0.25, 0.3) is 0 Å². The maximum Gasteiger partial charge on any atom is 0.293 e. The molecule has 0 aliphatic rings. The summed E-state index contributed by atoms with van der Waals surface area (Å²) in [5, 5.41) is 14.4. The molecule has 7 heteroatoms. The summed E-state index contributed by atoms with van der Waals surface area (Å²) in [5.41, 5.74) is 7.72. The van der Waals surface area contributed by atoms with Crippen LogP contribution in [0.2, 0.25) is 0 Å². The predicted molar refractivity (Wildman–Crippen MR) is 102 cm³/mol. The van der Waals surface area contributed by atoms with Crippen LogP contribution >= 0.6 is 0 Å². The molecule has 0 saturated carbocycles. The van der Waals surface area contributed by atoms with E-state index in [-0.39, 0.29) is 11.3 Å². The van der Waals surface area contributed by atoms with Crippen molar-refractivity contribution in [1.82, 2.24) is 4.90 Å². The highest BCUT2D eigenvalue weighted by Gasteiger charge is 2.17. The minimum Gasteiger partial charge on any atom is -0.375 e. The van der Waals surface area contributed by atoms with Gasteiger partial charge in [0.1, 0.15) is 5.69 Å². The zero-order chi connectivity index (χ0) is 19.3. The minimum absolute atomic E-state index is 0.112. The Balaban J connectivity index is 2.21. The summed E-state index contributed by atoms with van der Waals surface area (Å²) in [6.07, 6.45) is 0. The lowest BCUT2D eigenvalue weighted by Gasteiger charge is -2.22. The van der Waals surface area contributed by atoms with Crippen molar-refractivity contribution in [2.75, 3.05) is 12.4 Å². The number of carbonyl (C=O) groups excluding carboxylic acids is 1. The van der Waals surface area contributed by atoms with Gasteiger partial charge in [-0.05, 0) is 44.2 Å². The number of amides is 1. The number of carbonyl (C=O) groups is 1. The Morgan fingerprint density at radius 3 is 2.46 bits per heavy atom. The summed E-state index contributed by atoms with van der Waals surface area (Å²) in [6.45, 7) is 5.49. The van der Waals surface area contributed by atoms with Crippen molar-refractivity contribution in [2.24, 2.45) is 5.73 Å².